The van der Waals surface area contributed by atoms with Crippen molar-refractivity contribution in [1.82, 2.24) is 14.5 Å². The number of amides is 1. The van der Waals surface area contributed by atoms with Gasteiger partial charge in [0.05, 0.1) is 18.3 Å². The molecule has 0 bridgehead atoms. The number of fused-ring (bicyclic) bond motifs is 1. The van der Waals surface area contributed by atoms with Crippen LogP contribution in [0.1, 0.15) is 19.8 Å². The minimum atomic E-state index is -0.171. The summed E-state index contributed by atoms with van der Waals surface area (Å²) in [7, 11) is 1.53. The molecule has 36 heavy (non-hydrogen) atoms. The maximum Gasteiger partial charge on any atom is 0.275 e. The van der Waals surface area contributed by atoms with Crippen molar-refractivity contribution in [3.05, 3.63) is 70.2 Å². The number of halogens is 1. The molecular formula is C27H26ClN3O4S. The van der Waals surface area contributed by atoms with Crippen LogP contribution in [0.3, 0.4) is 0 Å². The van der Waals surface area contributed by atoms with Crippen molar-refractivity contribution in [1.29, 1.82) is 0 Å². The number of methoxy groups -OCH3 is 1. The van der Waals surface area contributed by atoms with Crippen molar-refractivity contribution >= 4 is 39.1 Å². The summed E-state index contributed by atoms with van der Waals surface area (Å²) in [6.45, 7) is 3.68. The van der Waals surface area contributed by atoms with Crippen molar-refractivity contribution in [3.63, 3.8) is 0 Å². The van der Waals surface area contributed by atoms with Crippen LogP contribution in [0.25, 0.3) is 26.3 Å². The second-order valence-corrected chi connectivity index (χ2v) is 10.4. The van der Waals surface area contributed by atoms with Gasteiger partial charge in [0.15, 0.2) is 18.1 Å². The second kappa shape index (κ2) is 10.3. The van der Waals surface area contributed by atoms with E-state index < -0.39 is 0 Å². The van der Waals surface area contributed by atoms with Crippen molar-refractivity contribution < 1.29 is 14.3 Å². The average Bonchev–Trinajstić information content (AvgIpc) is 3.34. The second-order valence-electron chi connectivity index (χ2n) is 8.94. The third-order valence-corrected chi connectivity index (χ3v) is 7.89. The van der Waals surface area contributed by atoms with Gasteiger partial charge in [0, 0.05) is 29.1 Å². The first-order valence-corrected chi connectivity index (χ1v) is 13.0. The molecule has 0 spiro atoms. The Morgan fingerprint density at radius 3 is 2.58 bits per heavy atom. The molecule has 1 amide bonds. The number of aromatic nitrogens is 2. The summed E-state index contributed by atoms with van der Waals surface area (Å²) in [6, 6.07) is 14.6. The molecule has 186 valence electrons. The summed E-state index contributed by atoms with van der Waals surface area (Å²) >= 11 is 7.40. The zero-order chi connectivity index (χ0) is 25.2. The molecule has 9 heteroatoms. The largest absolute Gasteiger partial charge is 0.493 e. The van der Waals surface area contributed by atoms with Gasteiger partial charge in [-0.1, -0.05) is 30.7 Å². The number of thiophene rings is 1. The van der Waals surface area contributed by atoms with Gasteiger partial charge >= 0.3 is 0 Å². The molecular weight excluding hydrogens is 498 g/mol. The van der Waals surface area contributed by atoms with E-state index >= 15 is 0 Å². The Hall–Kier alpha value is -3.36. The monoisotopic (exact) mass is 523 g/mol. The van der Waals surface area contributed by atoms with E-state index in [4.69, 9.17) is 21.1 Å². The number of ether oxygens (including phenoxy) is 2. The first-order valence-electron chi connectivity index (χ1n) is 11.8. The lowest BCUT2D eigenvalue weighted by atomic mass is 9.99. The van der Waals surface area contributed by atoms with Crippen LogP contribution in [0.2, 0.25) is 5.02 Å². The topological polar surface area (TPSA) is 73.7 Å². The van der Waals surface area contributed by atoms with E-state index in [2.05, 4.69) is 11.9 Å². The Kier molecular flexibility index (Phi) is 6.98. The maximum absolute atomic E-state index is 13.3. The number of benzene rings is 2. The first kappa shape index (κ1) is 24.3. The van der Waals surface area contributed by atoms with E-state index in [-0.39, 0.29) is 18.1 Å². The zero-order valence-corrected chi connectivity index (χ0v) is 21.6. The highest BCUT2D eigenvalue weighted by Gasteiger charge is 2.21. The molecule has 5 rings (SSSR count). The molecule has 0 atom stereocenters. The Morgan fingerprint density at radius 2 is 1.86 bits per heavy atom. The molecule has 0 unspecified atom stereocenters. The highest BCUT2D eigenvalue weighted by molar-refractivity contribution is 7.22. The molecule has 0 saturated carbocycles. The van der Waals surface area contributed by atoms with E-state index in [0.717, 1.165) is 36.4 Å². The minimum Gasteiger partial charge on any atom is -0.493 e. The third-order valence-electron chi connectivity index (χ3n) is 6.48. The highest BCUT2D eigenvalue weighted by Crippen LogP contribution is 2.33. The van der Waals surface area contributed by atoms with Crippen molar-refractivity contribution in [2.45, 2.75) is 19.8 Å². The van der Waals surface area contributed by atoms with Gasteiger partial charge in [0.1, 0.15) is 11.0 Å². The van der Waals surface area contributed by atoms with E-state index in [1.54, 1.807) is 18.2 Å². The number of nitrogens with zero attached hydrogens (tertiary/aromatic N) is 3. The molecule has 0 aliphatic carbocycles. The fourth-order valence-corrected chi connectivity index (χ4v) is 5.44. The summed E-state index contributed by atoms with van der Waals surface area (Å²) in [5, 5.41) is 0.659. The molecule has 1 aliphatic heterocycles. The highest BCUT2D eigenvalue weighted by atomic mass is 35.5. The van der Waals surface area contributed by atoms with Gasteiger partial charge < -0.3 is 14.4 Å². The molecule has 0 radical (unpaired) electrons. The Balaban J connectivity index is 1.37. The van der Waals surface area contributed by atoms with Crippen molar-refractivity contribution in [2.75, 3.05) is 26.8 Å². The SMILES string of the molecule is COc1cc(-n2cnc3cc(-c4ccc(Cl)cc4)sc3c2=O)ccc1OCC(=O)N1CCC(C)CC1. The van der Waals surface area contributed by atoms with E-state index in [1.807, 2.05) is 35.2 Å². The summed E-state index contributed by atoms with van der Waals surface area (Å²) in [5.74, 6) is 1.50. The van der Waals surface area contributed by atoms with Gasteiger partial charge in [-0.15, -0.1) is 11.3 Å². The Morgan fingerprint density at radius 1 is 1.11 bits per heavy atom. The predicted molar refractivity (Wildman–Crippen MR) is 143 cm³/mol. The fraction of sp³-hybridized carbons (Fsp3) is 0.296. The van der Waals surface area contributed by atoms with Crippen LogP contribution in [-0.2, 0) is 4.79 Å². The summed E-state index contributed by atoms with van der Waals surface area (Å²) in [5.41, 5.74) is 2.04. The van der Waals surface area contributed by atoms with Gasteiger partial charge in [0.2, 0.25) is 0 Å². The standard InChI is InChI=1S/C27H26ClN3O4S/c1-17-9-11-30(12-10-17)25(32)15-35-22-8-7-20(13-23(22)34-2)31-16-29-21-14-24(36-26(21)27(31)33)18-3-5-19(28)6-4-18/h3-8,13-14,16-17H,9-12,15H2,1-2H3. The number of piperidine rings is 1. The lowest BCUT2D eigenvalue weighted by Crippen LogP contribution is -2.40. The van der Waals surface area contributed by atoms with Gasteiger partial charge in [-0.2, -0.15) is 0 Å². The van der Waals surface area contributed by atoms with E-state index in [0.29, 0.717) is 38.3 Å². The van der Waals surface area contributed by atoms with Gasteiger partial charge in [0.25, 0.3) is 11.5 Å². The van der Waals surface area contributed by atoms with E-state index in [1.165, 1.54) is 29.3 Å². The quantitative estimate of drug-likeness (QED) is 0.338. The van der Waals surface area contributed by atoms with Crippen LogP contribution in [0.5, 0.6) is 11.5 Å². The molecule has 1 aliphatic rings. The molecule has 7 nitrogen and oxygen atoms in total. The van der Waals surface area contributed by atoms with Crippen LogP contribution in [-0.4, -0.2) is 47.2 Å². The average molecular weight is 524 g/mol. The van der Waals surface area contributed by atoms with Crippen LogP contribution < -0.4 is 15.0 Å². The molecule has 1 fully saturated rings. The molecule has 0 N–H and O–H groups in total. The van der Waals surface area contributed by atoms with Crippen LogP contribution >= 0.6 is 22.9 Å². The lowest BCUT2D eigenvalue weighted by Gasteiger charge is -2.30. The van der Waals surface area contributed by atoms with E-state index in [9.17, 15) is 9.59 Å². The molecule has 2 aromatic carbocycles. The minimum absolute atomic E-state index is 0.0342. The predicted octanol–water partition coefficient (Wildman–Crippen LogP) is 5.41. The lowest BCUT2D eigenvalue weighted by molar-refractivity contribution is -0.134. The number of hydrogen-bond donors (Lipinski definition) is 0. The zero-order valence-electron chi connectivity index (χ0n) is 20.1. The summed E-state index contributed by atoms with van der Waals surface area (Å²) in [6.07, 6.45) is 3.55. The van der Waals surface area contributed by atoms with Crippen LogP contribution in [0, 0.1) is 5.92 Å². The number of likely N-dealkylation sites (tertiary alicyclic amines) is 1. The number of carbonyl (C=O) groups excluding carboxylic acids is 1. The number of rotatable bonds is 6. The number of carbonyl (C=O) groups is 1. The van der Waals surface area contributed by atoms with Gasteiger partial charge in [-0.05, 0) is 54.7 Å². The molecule has 3 heterocycles. The molecule has 1 saturated heterocycles. The summed E-state index contributed by atoms with van der Waals surface area (Å²) in [4.78, 5) is 33.2. The molecule has 2 aromatic heterocycles. The van der Waals surface area contributed by atoms with Crippen LogP contribution in [0.15, 0.2) is 59.7 Å². The van der Waals surface area contributed by atoms with Gasteiger partial charge in [-0.25, -0.2) is 4.98 Å². The fourth-order valence-electron chi connectivity index (χ4n) is 4.27. The molecule has 4 aromatic rings. The first-order chi connectivity index (χ1) is 17.4. The third kappa shape index (κ3) is 4.96. The number of hydrogen-bond acceptors (Lipinski definition) is 6. The Labute approximate surface area is 217 Å². The Bertz CT molecular complexity index is 1460. The van der Waals surface area contributed by atoms with Gasteiger partial charge in [-0.3, -0.25) is 14.2 Å². The maximum atomic E-state index is 13.3. The van der Waals surface area contributed by atoms with Crippen molar-refractivity contribution in [2.24, 2.45) is 5.92 Å². The van der Waals surface area contributed by atoms with Crippen LogP contribution in [0.4, 0.5) is 0 Å². The summed E-state index contributed by atoms with van der Waals surface area (Å²) < 4.78 is 13.3. The normalized spacial score (nSPS) is 14.2. The van der Waals surface area contributed by atoms with Crippen molar-refractivity contribution in [3.8, 4) is 27.6 Å². The smallest absolute Gasteiger partial charge is 0.275 e.